The molecule has 1 atom stereocenters. The minimum atomic E-state index is 0.313. The van der Waals surface area contributed by atoms with E-state index in [4.69, 9.17) is 11.6 Å². The highest BCUT2D eigenvalue weighted by Gasteiger charge is 2.14. The van der Waals surface area contributed by atoms with Crippen molar-refractivity contribution >= 4 is 11.6 Å². The number of aromatic nitrogens is 2. The predicted octanol–water partition coefficient (Wildman–Crippen LogP) is 3.58. The van der Waals surface area contributed by atoms with Crippen molar-refractivity contribution in [3.63, 3.8) is 0 Å². The van der Waals surface area contributed by atoms with Crippen molar-refractivity contribution in [1.82, 2.24) is 15.1 Å². The molecule has 3 nitrogen and oxygen atoms in total. The number of rotatable bonds is 5. The number of benzene rings is 1. The van der Waals surface area contributed by atoms with Crippen LogP contribution in [0.4, 0.5) is 0 Å². The van der Waals surface area contributed by atoms with Crippen molar-refractivity contribution in [2.24, 2.45) is 7.05 Å². The molecule has 0 radical (unpaired) electrons. The zero-order chi connectivity index (χ0) is 14.7. The Morgan fingerprint density at radius 1 is 1.35 bits per heavy atom. The number of hydrogen-bond acceptors (Lipinski definition) is 2. The Kier molecular flexibility index (Phi) is 4.84. The molecule has 1 aromatic carbocycles. The van der Waals surface area contributed by atoms with E-state index in [1.807, 2.05) is 37.0 Å². The fourth-order valence-corrected chi connectivity index (χ4v) is 2.87. The van der Waals surface area contributed by atoms with E-state index in [0.29, 0.717) is 6.04 Å². The van der Waals surface area contributed by atoms with Crippen LogP contribution in [-0.4, -0.2) is 16.8 Å². The summed E-state index contributed by atoms with van der Waals surface area (Å²) >= 11 is 6.08. The highest BCUT2D eigenvalue weighted by atomic mass is 35.5. The average molecular weight is 292 g/mol. The normalized spacial score (nSPS) is 12.7. The van der Waals surface area contributed by atoms with E-state index < -0.39 is 0 Å². The molecule has 1 N–H and O–H groups in total. The number of aryl methyl sites for hydroxylation is 2. The van der Waals surface area contributed by atoms with Gasteiger partial charge >= 0.3 is 0 Å². The maximum absolute atomic E-state index is 6.08. The lowest BCUT2D eigenvalue weighted by Gasteiger charge is -2.17. The van der Waals surface area contributed by atoms with Gasteiger partial charge in [-0.2, -0.15) is 5.10 Å². The molecule has 108 valence electrons. The monoisotopic (exact) mass is 291 g/mol. The maximum atomic E-state index is 6.08. The van der Waals surface area contributed by atoms with Gasteiger partial charge in [-0.05, 0) is 57.0 Å². The van der Waals surface area contributed by atoms with E-state index in [0.717, 1.165) is 23.6 Å². The molecule has 1 unspecified atom stereocenters. The van der Waals surface area contributed by atoms with Crippen LogP contribution in [-0.2, 0) is 13.5 Å². The van der Waals surface area contributed by atoms with Gasteiger partial charge in [0.2, 0.25) is 0 Å². The van der Waals surface area contributed by atoms with Crippen LogP contribution >= 0.6 is 11.6 Å². The van der Waals surface area contributed by atoms with Gasteiger partial charge in [0.05, 0.1) is 5.69 Å². The average Bonchev–Trinajstić information content (AvgIpc) is 2.65. The van der Waals surface area contributed by atoms with Gasteiger partial charge in [0.15, 0.2) is 0 Å². The van der Waals surface area contributed by atoms with Crippen LogP contribution in [0.25, 0.3) is 0 Å². The third-order valence-electron chi connectivity index (χ3n) is 3.94. The largest absolute Gasteiger partial charge is 0.313 e. The maximum Gasteiger partial charge on any atom is 0.0628 e. The Balaban J connectivity index is 2.11. The van der Waals surface area contributed by atoms with Gasteiger partial charge < -0.3 is 5.32 Å². The minimum Gasteiger partial charge on any atom is -0.313 e. The first-order valence-corrected chi connectivity index (χ1v) is 7.32. The standard InChI is InChI=1S/C16H22ClN3/c1-11-15(12(2)20(4)19-11)8-9-16(18-3)13-6-5-7-14(17)10-13/h5-7,10,16,18H,8-9H2,1-4H3. The lowest BCUT2D eigenvalue weighted by Crippen LogP contribution is -2.17. The second-order valence-electron chi connectivity index (χ2n) is 5.21. The fourth-order valence-electron chi connectivity index (χ4n) is 2.67. The SMILES string of the molecule is CNC(CCc1c(C)nn(C)c1C)c1cccc(Cl)c1. The summed E-state index contributed by atoms with van der Waals surface area (Å²) < 4.78 is 1.96. The van der Waals surface area contributed by atoms with Gasteiger partial charge in [-0.25, -0.2) is 0 Å². The summed E-state index contributed by atoms with van der Waals surface area (Å²) in [5.41, 5.74) is 4.98. The van der Waals surface area contributed by atoms with Crippen LogP contribution in [0, 0.1) is 13.8 Å². The third-order valence-corrected chi connectivity index (χ3v) is 4.18. The lowest BCUT2D eigenvalue weighted by molar-refractivity contribution is 0.548. The van der Waals surface area contributed by atoms with Crippen LogP contribution in [0.1, 0.15) is 35.0 Å². The highest BCUT2D eigenvalue weighted by Crippen LogP contribution is 2.23. The molecule has 0 aliphatic heterocycles. The fraction of sp³-hybridized carbons (Fsp3) is 0.438. The molecule has 2 aromatic rings. The summed E-state index contributed by atoms with van der Waals surface area (Å²) in [5, 5.41) is 8.64. The molecule has 1 heterocycles. The van der Waals surface area contributed by atoms with Gasteiger partial charge in [0.25, 0.3) is 0 Å². The van der Waals surface area contributed by atoms with Crippen LogP contribution in [0.5, 0.6) is 0 Å². The third kappa shape index (κ3) is 3.22. The first kappa shape index (κ1) is 15.1. The van der Waals surface area contributed by atoms with Crippen LogP contribution in [0.15, 0.2) is 24.3 Å². The smallest absolute Gasteiger partial charge is 0.0628 e. The molecule has 2 rings (SSSR count). The molecule has 0 amide bonds. The topological polar surface area (TPSA) is 29.9 Å². The van der Waals surface area contributed by atoms with Crippen LogP contribution in [0.2, 0.25) is 5.02 Å². The van der Waals surface area contributed by atoms with E-state index in [1.54, 1.807) is 0 Å². The molecule has 0 bridgehead atoms. The van der Waals surface area contributed by atoms with E-state index >= 15 is 0 Å². The Hall–Kier alpha value is -1.32. The molecule has 0 saturated heterocycles. The van der Waals surface area contributed by atoms with Gasteiger partial charge in [0.1, 0.15) is 0 Å². The van der Waals surface area contributed by atoms with Crippen molar-refractivity contribution in [3.8, 4) is 0 Å². The molecule has 0 aliphatic rings. The first-order valence-electron chi connectivity index (χ1n) is 6.94. The summed E-state index contributed by atoms with van der Waals surface area (Å²) in [6, 6.07) is 8.38. The summed E-state index contributed by atoms with van der Waals surface area (Å²) in [6.45, 7) is 4.21. The number of halogens is 1. The second-order valence-corrected chi connectivity index (χ2v) is 5.64. The molecular formula is C16H22ClN3. The molecule has 1 aromatic heterocycles. The molecule has 0 fully saturated rings. The van der Waals surface area contributed by atoms with E-state index in [2.05, 4.69) is 30.3 Å². The second kappa shape index (κ2) is 6.42. The predicted molar refractivity (Wildman–Crippen MR) is 84.3 cm³/mol. The van der Waals surface area contributed by atoms with Crippen molar-refractivity contribution in [2.45, 2.75) is 32.7 Å². The van der Waals surface area contributed by atoms with Crippen LogP contribution < -0.4 is 5.32 Å². The summed E-state index contributed by atoms with van der Waals surface area (Å²) in [4.78, 5) is 0. The minimum absolute atomic E-state index is 0.313. The number of nitrogens with zero attached hydrogens (tertiary/aromatic N) is 2. The summed E-state index contributed by atoms with van der Waals surface area (Å²) in [7, 11) is 3.99. The van der Waals surface area contributed by atoms with Gasteiger partial charge in [-0.15, -0.1) is 0 Å². The van der Waals surface area contributed by atoms with Crippen molar-refractivity contribution in [1.29, 1.82) is 0 Å². The van der Waals surface area contributed by atoms with Crippen molar-refractivity contribution < 1.29 is 0 Å². The molecule has 0 spiro atoms. The van der Waals surface area contributed by atoms with E-state index in [1.165, 1.54) is 16.8 Å². The molecule has 4 heteroatoms. The number of nitrogens with one attached hydrogen (secondary N) is 1. The molecule has 0 saturated carbocycles. The summed E-state index contributed by atoms with van der Waals surface area (Å²) in [6.07, 6.45) is 2.05. The van der Waals surface area contributed by atoms with E-state index in [9.17, 15) is 0 Å². The van der Waals surface area contributed by atoms with Gasteiger partial charge in [-0.1, -0.05) is 23.7 Å². The zero-order valence-electron chi connectivity index (χ0n) is 12.6. The van der Waals surface area contributed by atoms with Gasteiger partial charge in [0, 0.05) is 23.8 Å². The Bertz CT molecular complexity index is 589. The lowest BCUT2D eigenvalue weighted by atomic mass is 9.98. The quantitative estimate of drug-likeness (QED) is 0.912. The zero-order valence-corrected chi connectivity index (χ0v) is 13.3. The molecule has 0 aliphatic carbocycles. The van der Waals surface area contributed by atoms with E-state index in [-0.39, 0.29) is 0 Å². The van der Waals surface area contributed by atoms with Crippen molar-refractivity contribution in [2.75, 3.05) is 7.05 Å². The Morgan fingerprint density at radius 3 is 2.65 bits per heavy atom. The number of hydrogen-bond donors (Lipinski definition) is 1. The first-order chi connectivity index (χ1) is 9.52. The molecular weight excluding hydrogens is 270 g/mol. The summed E-state index contributed by atoms with van der Waals surface area (Å²) in [5.74, 6) is 0. The molecule has 20 heavy (non-hydrogen) atoms. The Labute approximate surface area is 126 Å². The van der Waals surface area contributed by atoms with Gasteiger partial charge in [-0.3, -0.25) is 4.68 Å². The van der Waals surface area contributed by atoms with Crippen LogP contribution in [0.3, 0.4) is 0 Å². The van der Waals surface area contributed by atoms with Crippen molar-refractivity contribution in [3.05, 3.63) is 51.8 Å². The highest BCUT2D eigenvalue weighted by molar-refractivity contribution is 6.30. The Morgan fingerprint density at radius 2 is 2.10 bits per heavy atom.